The first-order valence-corrected chi connectivity index (χ1v) is 8.21. The summed E-state index contributed by atoms with van der Waals surface area (Å²) in [7, 11) is 0. The summed E-state index contributed by atoms with van der Waals surface area (Å²) in [5.74, 6) is 0.0723. The third-order valence-electron chi connectivity index (χ3n) is 4.87. The highest BCUT2D eigenvalue weighted by Crippen LogP contribution is 2.55. The van der Waals surface area contributed by atoms with E-state index in [4.69, 9.17) is 11.3 Å². The number of hydrogen-bond acceptors (Lipinski definition) is 2. The van der Waals surface area contributed by atoms with E-state index >= 15 is 0 Å². The van der Waals surface area contributed by atoms with Gasteiger partial charge in [0.2, 0.25) is 0 Å². The Hall–Kier alpha value is -2.02. The number of likely N-dealkylation sites (tertiary alicyclic amines) is 1. The van der Waals surface area contributed by atoms with E-state index in [9.17, 15) is 4.79 Å². The van der Waals surface area contributed by atoms with Crippen LogP contribution in [0.3, 0.4) is 0 Å². The lowest BCUT2D eigenvalue weighted by Crippen LogP contribution is -2.43. The Morgan fingerprint density at radius 2 is 1.91 bits per heavy atom. The van der Waals surface area contributed by atoms with Gasteiger partial charge in [-0.2, -0.15) is 0 Å². The molecule has 1 heterocycles. The van der Waals surface area contributed by atoms with E-state index in [1.54, 1.807) is 0 Å². The smallest absolute Gasteiger partial charge is 0.411 e. The highest BCUT2D eigenvalue weighted by Gasteiger charge is 2.68. The Bertz CT molecular complexity index is 647. The predicted octanol–water partition coefficient (Wildman–Crippen LogP) is 4.15. The number of hydrogen-bond donors (Lipinski definition) is 0. The van der Waals surface area contributed by atoms with Crippen molar-refractivity contribution >= 4 is 6.09 Å². The molecule has 1 saturated carbocycles. The molecule has 0 radical (unpaired) electrons. The Labute approximate surface area is 138 Å². The molecule has 122 valence electrons. The van der Waals surface area contributed by atoms with Crippen LogP contribution in [0.15, 0.2) is 24.3 Å². The van der Waals surface area contributed by atoms with Gasteiger partial charge in [0.05, 0.1) is 5.92 Å². The van der Waals surface area contributed by atoms with Gasteiger partial charge in [0, 0.05) is 6.54 Å². The van der Waals surface area contributed by atoms with Crippen molar-refractivity contribution in [2.24, 2.45) is 0 Å². The fourth-order valence-electron chi connectivity index (χ4n) is 3.59. The number of carbonyl (C=O) groups is 1. The maximum absolute atomic E-state index is 12.6. The molecular formula is C19H24N2O2. The Balaban J connectivity index is 1.88. The van der Waals surface area contributed by atoms with Crippen LogP contribution in [0.25, 0.3) is 4.85 Å². The molecule has 3 rings (SSSR count). The Kier molecular flexibility index (Phi) is 3.63. The summed E-state index contributed by atoms with van der Waals surface area (Å²) in [6.45, 7) is 15.9. The first-order valence-electron chi connectivity index (χ1n) is 8.21. The zero-order chi connectivity index (χ0) is 16.8. The number of carbonyl (C=O) groups excluding carboxylic acids is 1. The van der Waals surface area contributed by atoms with Gasteiger partial charge < -0.3 is 9.58 Å². The van der Waals surface area contributed by atoms with Crippen molar-refractivity contribution in [3.8, 4) is 0 Å². The van der Waals surface area contributed by atoms with E-state index in [0.717, 1.165) is 18.4 Å². The second-order valence-electron chi connectivity index (χ2n) is 7.79. The van der Waals surface area contributed by atoms with Crippen LogP contribution in [0, 0.1) is 13.5 Å². The first kappa shape index (κ1) is 15.9. The highest BCUT2D eigenvalue weighted by molar-refractivity contribution is 5.71. The van der Waals surface area contributed by atoms with Crippen LogP contribution in [-0.2, 0) is 4.74 Å². The average Bonchev–Trinajstić information content (AvgIpc) is 3.15. The number of benzene rings is 1. The summed E-state index contributed by atoms with van der Waals surface area (Å²) in [6.07, 6.45) is 1.53. The van der Waals surface area contributed by atoms with Crippen LogP contribution in [0.2, 0.25) is 0 Å². The van der Waals surface area contributed by atoms with Crippen LogP contribution in [0.5, 0.6) is 0 Å². The lowest BCUT2D eigenvalue weighted by atomic mass is 9.90. The molecule has 2 fully saturated rings. The van der Waals surface area contributed by atoms with Crippen molar-refractivity contribution in [1.29, 1.82) is 0 Å². The summed E-state index contributed by atoms with van der Waals surface area (Å²) in [5.41, 5.74) is 1.53. The van der Waals surface area contributed by atoms with E-state index in [1.165, 1.54) is 5.56 Å². The molecule has 23 heavy (non-hydrogen) atoms. The molecule has 1 spiro atoms. The van der Waals surface area contributed by atoms with E-state index in [1.807, 2.05) is 25.7 Å². The third-order valence-corrected chi connectivity index (χ3v) is 4.87. The van der Waals surface area contributed by atoms with Gasteiger partial charge in [0.15, 0.2) is 0 Å². The monoisotopic (exact) mass is 312 g/mol. The predicted molar refractivity (Wildman–Crippen MR) is 89.2 cm³/mol. The van der Waals surface area contributed by atoms with Gasteiger partial charge in [-0.15, -0.1) is 0 Å². The van der Waals surface area contributed by atoms with Crippen molar-refractivity contribution in [3.63, 3.8) is 0 Å². The second-order valence-corrected chi connectivity index (χ2v) is 7.79. The topological polar surface area (TPSA) is 33.9 Å². The van der Waals surface area contributed by atoms with Gasteiger partial charge in [-0.05, 0) is 46.1 Å². The maximum Gasteiger partial charge on any atom is 0.411 e. The number of aryl methyl sites for hydroxylation is 1. The van der Waals surface area contributed by atoms with E-state index in [0.29, 0.717) is 6.54 Å². The average molecular weight is 312 g/mol. The maximum atomic E-state index is 12.6. The molecule has 2 atom stereocenters. The van der Waals surface area contributed by atoms with Gasteiger partial charge in [0.25, 0.3) is 6.04 Å². The summed E-state index contributed by atoms with van der Waals surface area (Å²) in [4.78, 5) is 18.3. The molecule has 4 nitrogen and oxygen atoms in total. The van der Waals surface area contributed by atoms with Crippen molar-refractivity contribution < 1.29 is 9.53 Å². The standard InChI is InChI=1S/C19H24N2O2/c1-13-6-8-14(9-7-13)15-12-21(17(22)23-18(2,3)4)19(10-11-19)16(15)20-5/h6-9,15-16H,10-12H2,1-4H3/t15-,16-/m0/s1. The SMILES string of the molecule is [C-]#[N+][C@H]1[C@H](c2ccc(C)cc2)CN(C(=O)OC(C)(C)C)C12CC2. The fourth-order valence-corrected chi connectivity index (χ4v) is 3.59. The lowest BCUT2D eigenvalue weighted by molar-refractivity contribution is 0.0199. The molecule has 0 unspecified atom stereocenters. The second kappa shape index (κ2) is 5.26. The van der Waals surface area contributed by atoms with Crippen molar-refractivity contribution in [2.45, 2.75) is 63.6 Å². The summed E-state index contributed by atoms with van der Waals surface area (Å²) < 4.78 is 5.58. The van der Waals surface area contributed by atoms with Crippen LogP contribution < -0.4 is 0 Å². The number of rotatable bonds is 1. The number of amides is 1. The Morgan fingerprint density at radius 3 is 2.39 bits per heavy atom. The quantitative estimate of drug-likeness (QED) is 0.730. The van der Waals surface area contributed by atoms with E-state index < -0.39 is 5.60 Å². The van der Waals surface area contributed by atoms with Crippen LogP contribution in [-0.4, -0.2) is 34.7 Å². The molecule has 1 saturated heterocycles. The van der Waals surface area contributed by atoms with Gasteiger partial charge in [-0.1, -0.05) is 29.8 Å². The van der Waals surface area contributed by atoms with Crippen molar-refractivity contribution in [1.82, 2.24) is 4.90 Å². The first-order chi connectivity index (χ1) is 10.8. The van der Waals surface area contributed by atoms with Crippen molar-refractivity contribution in [2.75, 3.05) is 6.54 Å². The van der Waals surface area contributed by atoms with Gasteiger partial charge in [-0.25, -0.2) is 11.4 Å². The molecule has 0 aromatic heterocycles. The third kappa shape index (κ3) is 2.81. The molecule has 4 heteroatoms. The van der Waals surface area contributed by atoms with Gasteiger partial charge >= 0.3 is 6.09 Å². The molecule has 2 aliphatic rings. The minimum Gasteiger partial charge on any atom is -0.444 e. The van der Waals surface area contributed by atoms with E-state index in [2.05, 4.69) is 36.0 Å². The summed E-state index contributed by atoms with van der Waals surface area (Å²) in [5, 5.41) is 0. The molecule has 0 bridgehead atoms. The van der Waals surface area contributed by atoms with E-state index in [-0.39, 0.29) is 23.6 Å². The molecule has 1 amide bonds. The van der Waals surface area contributed by atoms with Gasteiger partial charge in [-0.3, -0.25) is 4.90 Å². The van der Waals surface area contributed by atoms with Crippen LogP contribution in [0.1, 0.15) is 50.7 Å². The minimum atomic E-state index is -0.511. The summed E-state index contributed by atoms with van der Waals surface area (Å²) in [6, 6.07) is 8.16. The number of nitrogens with zero attached hydrogens (tertiary/aromatic N) is 2. The van der Waals surface area contributed by atoms with Crippen LogP contribution in [0.4, 0.5) is 4.79 Å². The molecular weight excluding hydrogens is 288 g/mol. The van der Waals surface area contributed by atoms with Gasteiger partial charge in [0.1, 0.15) is 11.1 Å². The fraction of sp³-hybridized carbons (Fsp3) is 0.579. The van der Waals surface area contributed by atoms with Crippen molar-refractivity contribution in [3.05, 3.63) is 46.8 Å². The highest BCUT2D eigenvalue weighted by atomic mass is 16.6. The Morgan fingerprint density at radius 1 is 1.30 bits per heavy atom. The zero-order valence-electron chi connectivity index (χ0n) is 14.3. The molecule has 1 aromatic rings. The van der Waals surface area contributed by atoms with Crippen LogP contribution >= 0.6 is 0 Å². The largest absolute Gasteiger partial charge is 0.444 e. The minimum absolute atomic E-state index is 0.0723. The summed E-state index contributed by atoms with van der Waals surface area (Å²) >= 11 is 0. The lowest BCUT2D eigenvalue weighted by Gasteiger charge is -2.27. The zero-order valence-corrected chi connectivity index (χ0v) is 14.3. The normalized spacial score (nSPS) is 25.3. The molecule has 1 aliphatic heterocycles. The molecule has 1 aliphatic carbocycles. The number of ether oxygens (including phenoxy) is 1. The molecule has 1 aromatic carbocycles. The molecule has 0 N–H and O–H groups in total.